The lowest BCUT2D eigenvalue weighted by Crippen LogP contribution is -3.00. The lowest BCUT2D eigenvalue weighted by molar-refractivity contribution is -0.437. The number of hydrogen-bond donors (Lipinski definition) is 1. The van der Waals surface area contributed by atoms with Crippen molar-refractivity contribution in [2.75, 3.05) is 6.54 Å². The number of nitrogens with zero attached hydrogens (tertiary/aromatic N) is 1. The van der Waals surface area contributed by atoms with Crippen molar-refractivity contribution < 1.29 is 26.7 Å². The number of aromatic hydroxyl groups is 1. The van der Waals surface area contributed by atoms with Gasteiger partial charge < -0.3 is 22.1 Å². The first-order chi connectivity index (χ1) is 8.75. The standard InChI is InChI=1S/C15H12INO.BrH/c16-13-5-1-2-6-14(13)17-9-8-11-4-3-7-15(18)12(11)10-17;/h1-7,10H,8-9H2;1H. The van der Waals surface area contributed by atoms with E-state index in [1.54, 1.807) is 6.07 Å². The molecule has 3 rings (SSSR count). The molecular weight excluding hydrogens is 417 g/mol. The van der Waals surface area contributed by atoms with Crippen LogP contribution in [0.4, 0.5) is 5.69 Å². The molecule has 0 saturated heterocycles. The molecule has 1 heterocycles. The van der Waals surface area contributed by atoms with Crippen molar-refractivity contribution in [3.8, 4) is 5.75 Å². The van der Waals surface area contributed by atoms with E-state index in [-0.39, 0.29) is 17.0 Å². The normalized spacial score (nSPS) is 13.2. The van der Waals surface area contributed by atoms with Crippen molar-refractivity contribution in [1.82, 2.24) is 0 Å². The Bertz CT molecular complexity index is 640. The van der Waals surface area contributed by atoms with Gasteiger partial charge in [0.15, 0.2) is 12.8 Å². The number of fused-ring (bicyclic) bond motifs is 1. The Morgan fingerprint density at radius 3 is 2.63 bits per heavy atom. The lowest BCUT2D eigenvalue weighted by atomic mass is 10.0. The maximum atomic E-state index is 9.93. The van der Waals surface area contributed by atoms with Gasteiger partial charge in [0.25, 0.3) is 0 Å². The second-order valence-electron chi connectivity index (χ2n) is 4.37. The largest absolute Gasteiger partial charge is 1.00 e. The highest BCUT2D eigenvalue weighted by molar-refractivity contribution is 14.1. The average molecular weight is 430 g/mol. The van der Waals surface area contributed by atoms with Crippen LogP contribution in [0.5, 0.6) is 5.75 Å². The molecule has 0 aliphatic carbocycles. The van der Waals surface area contributed by atoms with Gasteiger partial charge in [-0.2, -0.15) is 4.58 Å². The van der Waals surface area contributed by atoms with Crippen LogP contribution >= 0.6 is 22.6 Å². The van der Waals surface area contributed by atoms with Gasteiger partial charge in [0, 0.05) is 12.5 Å². The smallest absolute Gasteiger partial charge is 0.218 e. The van der Waals surface area contributed by atoms with Gasteiger partial charge in [-0.05, 0) is 40.3 Å². The molecule has 2 aromatic rings. The summed E-state index contributed by atoms with van der Waals surface area (Å²) in [6.45, 7) is 0.955. The van der Waals surface area contributed by atoms with Crippen molar-refractivity contribution in [3.05, 3.63) is 57.2 Å². The average Bonchev–Trinajstić information content (AvgIpc) is 2.40. The first-order valence-electron chi connectivity index (χ1n) is 5.92. The fourth-order valence-electron chi connectivity index (χ4n) is 2.30. The third kappa shape index (κ3) is 2.84. The fourth-order valence-corrected chi connectivity index (χ4v) is 3.00. The number of benzene rings is 2. The van der Waals surface area contributed by atoms with Crippen molar-refractivity contribution in [2.45, 2.75) is 6.42 Å². The number of para-hydroxylation sites is 1. The van der Waals surface area contributed by atoms with Crippen molar-refractivity contribution in [3.63, 3.8) is 0 Å². The minimum absolute atomic E-state index is 0. The molecule has 0 bridgehead atoms. The van der Waals surface area contributed by atoms with E-state index in [0.717, 1.165) is 18.5 Å². The number of phenolic OH excluding ortho intramolecular Hbond substituents is 1. The summed E-state index contributed by atoms with van der Waals surface area (Å²) < 4.78 is 3.44. The molecule has 0 radical (unpaired) electrons. The maximum absolute atomic E-state index is 9.93. The quantitative estimate of drug-likeness (QED) is 0.512. The summed E-state index contributed by atoms with van der Waals surface area (Å²) >= 11 is 2.35. The lowest BCUT2D eigenvalue weighted by Gasteiger charge is -2.13. The summed E-state index contributed by atoms with van der Waals surface area (Å²) in [5.41, 5.74) is 3.37. The van der Waals surface area contributed by atoms with Crippen LogP contribution in [0.2, 0.25) is 0 Å². The van der Waals surface area contributed by atoms with Crippen LogP contribution in [-0.2, 0) is 6.42 Å². The first-order valence-corrected chi connectivity index (χ1v) is 7.00. The molecule has 0 fully saturated rings. The van der Waals surface area contributed by atoms with Crippen LogP contribution in [0.15, 0.2) is 42.5 Å². The van der Waals surface area contributed by atoms with Crippen LogP contribution in [0.1, 0.15) is 11.1 Å². The molecule has 0 aromatic heterocycles. The molecule has 19 heavy (non-hydrogen) atoms. The molecule has 1 aliphatic rings. The monoisotopic (exact) mass is 429 g/mol. The molecule has 4 heteroatoms. The van der Waals surface area contributed by atoms with E-state index in [1.807, 2.05) is 24.4 Å². The molecule has 0 atom stereocenters. The minimum atomic E-state index is 0. The number of halogens is 2. The summed E-state index contributed by atoms with van der Waals surface area (Å²) in [6, 6.07) is 14.0. The van der Waals surface area contributed by atoms with Crippen LogP contribution in [0, 0.1) is 3.57 Å². The van der Waals surface area contributed by atoms with E-state index in [0.29, 0.717) is 5.75 Å². The number of hydrogen-bond acceptors (Lipinski definition) is 1. The molecule has 0 unspecified atom stereocenters. The predicted molar refractivity (Wildman–Crippen MR) is 80.9 cm³/mol. The molecule has 1 N–H and O–H groups in total. The molecule has 2 aromatic carbocycles. The maximum Gasteiger partial charge on any atom is 0.218 e. The van der Waals surface area contributed by atoms with E-state index in [4.69, 9.17) is 0 Å². The second-order valence-corrected chi connectivity index (χ2v) is 5.54. The van der Waals surface area contributed by atoms with Crippen molar-refractivity contribution >= 4 is 34.5 Å². The Balaban J connectivity index is 0.00000133. The minimum Gasteiger partial charge on any atom is -1.00 e. The topological polar surface area (TPSA) is 23.2 Å². The molecule has 0 saturated carbocycles. The van der Waals surface area contributed by atoms with Gasteiger partial charge >= 0.3 is 0 Å². The molecule has 98 valence electrons. The van der Waals surface area contributed by atoms with Crippen LogP contribution in [-0.4, -0.2) is 22.4 Å². The Hall–Kier alpha value is -0.880. The van der Waals surface area contributed by atoms with Crippen LogP contribution < -0.4 is 17.0 Å². The van der Waals surface area contributed by atoms with Gasteiger partial charge in [-0.15, -0.1) is 0 Å². The van der Waals surface area contributed by atoms with E-state index in [2.05, 4.69) is 45.4 Å². The summed E-state index contributed by atoms with van der Waals surface area (Å²) in [7, 11) is 0. The molecule has 2 nitrogen and oxygen atoms in total. The van der Waals surface area contributed by atoms with Gasteiger partial charge in [0.1, 0.15) is 5.75 Å². The van der Waals surface area contributed by atoms with Crippen molar-refractivity contribution in [1.29, 1.82) is 0 Å². The van der Waals surface area contributed by atoms with Crippen LogP contribution in [0.3, 0.4) is 0 Å². The molecule has 1 aliphatic heterocycles. The third-order valence-electron chi connectivity index (χ3n) is 3.24. The zero-order valence-electron chi connectivity index (χ0n) is 10.2. The third-order valence-corrected chi connectivity index (χ3v) is 4.15. The van der Waals surface area contributed by atoms with E-state index >= 15 is 0 Å². The van der Waals surface area contributed by atoms with Crippen LogP contribution in [0.25, 0.3) is 0 Å². The second kappa shape index (κ2) is 6.05. The van der Waals surface area contributed by atoms with Crippen molar-refractivity contribution in [2.24, 2.45) is 0 Å². The highest BCUT2D eigenvalue weighted by Crippen LogP contribution is 2.26. The zero-order valence-corrected chi connectivity index (χ0v) is 13.9. The van der Waals surface area contributed by atoms with Gasteiger partial charge in [0.05, 0.1) is 9.13 Å². The fraction of sp³-hybridized carbons (Fsp3) is 0.133. The van der Waals surface area contributed by atoms with E-state index in [1.165, 1.54) is 14.8 Å². The molecular formula is C15H13BrINO. The molecule has 0 spiro atoms. The highest BCUT2D eigenvalue weighted by Gasteiger charge is 2.21. The predicted octanol–water partition coefficient (Wildman–Crippen LogP) is 0.320. The zero-order chi connectivity index (χ0) is 12.5. The Kier molecular flexibility index (Phi) is 4.62. The summed E-state index contributed by atoms with van der Waals surface area (Å²) in [4.78, 5) is 0. The summed E-state index contributed by atoms with van der Waals surface area (Å²) in [5.74, 6) is 0.364. The van der Waals surface area contributed by atoms with E-state index < -0.39 is 0 Å². The first kappa shape index (κ1) is 14.5. The Morgan fingerprint density at radius 2 is 1.84 bits per heavy atom. The number of phenols is 1. The Morgan fingerprint density at radius 1 is 1.05 bits per heavy atom. The SMILES string of the molecule is Oc1cccc2c1C=[N+](c1ccccc1I)CC2.[Br-]. The summed E-state index contributed by atoms with van der Waals surface area (Å²) in [5, 5.41) is 9.93. The van der Waals surface area contributed by atoms with Gasteiger partial charge in [-0.1, -0.05) is 24.3 Å². The highest BCUT2D eigenvalue weighted by atomic mass is 127. The number of rotatable bonds is 1. The van der Waals surface area contributed by atoms with Gasteiger partial charge in [0.2, 0.25) is 5.69 Å². The van der Waals surface area contributed by atoms with Gasteiger partial charge in [-0.25, -0.2) is 0 Å². The summed E-state index contributed by atoms with van der Waals surface area (Å²) in [6.07, 6.45) is 3.01. The molecule has 0 amide bonds. The van der Waals surface area contributed by atoms with Gasteiger partial charge in [-0.3, -0.25) is 0 Å². The Labute approximate surface area is 136 Å². The van der Waals surface area contributed by atoms with E-state index in [9.17, 15) is 5.11 Å².